The fraction of sp³-hybridized carbons (Fsp3) is 0.792. The van der Waals surface area contributed by atoms with Gasteiger partial charge in [0.05, 0.1) is 17.6 Å². The second-order valence-electron chi connectivity index (χ2n) is 8.99. The second kappa shape index (κ2) is 9.64. The molecule has 0 bridgehead atoms. The number of carboxylic acids is 1. The highest BCUT2D eigenvalue weighted by atomic mass is 16.5. The largest absolute Gasteiger partial charge is 0.481 e. The Bertz CT molecular complexity index is 668. The molecule has 162 valence electrons. The van der Waals surface area contributed by atoms with Gasteiger partial charge in [-0.15, -0.1) is 0 Å². The van der Waals surface area contributed by atoms with E-state index in [1.165, 1.54) is 12.0 Å². The summed E-state index contributed by atoms with van der Waals surface area (Å²) in [4.78, 5) is 10.9. The van der Waals surface area contributed by atoms with Crippen molar-refractivity contribution in [3.8, 4) is 11.8 Å². The average molecular weight is 405 g/mol. The van der Waals surface area contributed by atoms with Gasteiger partial charge < -0.3 is 20.1 Å². The molecule has 3 fully saturated rings. The van der Waals surface area contributed by atoms with E-state index < -0.39 is 23.8 Å². The number of aliphatic hydroxyl groups is 2. The molecule has 6 atom stereocenters. The van der Waals surface area contributed by atoms with Gasteiger partial charge in [-0.1, -0.05) is 44.1 Å². The van der Waals surface area contributed by atoms with Crippen molar-refractivity contribution >= 4 is 5.97 Å². The van der Waals surface area contributed by atoms with Gasteiger partial charge in [0.15, 0.2) is 0 Å². The maximum atomic E-state index is 10.9. The van der Waals surface area contributed by atoms with Crippen LogP contribution in [0.25, 0.3) is 0 Å². The summed E-state index contributed by atoms with van der Waals surface area (Å²) < 4.78 is 6.02. The van der Waals surface area contributed by atoms with Crippen molar-refractivity contribution < 1.29 is 24.9 Å². The number of ether oxygens (including phenoxy) is 1. The number of aliphatic hydroxyl groups excluding tert-OH is 2. The summed E-state index contributed by atoms with van der Waals surface area (Å²) in [6.45, 7) is 2.12. The number of fused-ring (bicyclic) bond motifs is 1. The van der Waals surface area contributed by atoms with Crippen LogP contribution in [0.4, 0.5) is 0 Å². The van der Waals surface area contributed by atoms with Crippen molar-refractivity contribution in [3.63, 3.8) is 0 Å². The van der Waals surface area contributed by atoms with Crippen LogP contribution in [0.5, 0.6) is 0 Å². The molecular formula is C24H36O5. The molecule has 29 heavy (non-hydrogen) atoms. The first-order chi connectivity index (χ1) is 13.9. The maximum absolute atomic E-state index is 10.9. The number of methoxy groups -OCH3 is 1. The minimum absolute atomic E-state index is 0.0865. The first-order valence-electron chi connectivity index (χ1n) is 11.3. The van der Waals surface area contributed by atoms with Gasteiger partial charge in [-0.2, -0.15) is 0 Å². The normalized spacial score (nSPS) is 37.2. The fourth-order valence-corrected chi connectivity index (χ4v) is 6.00. The quantitative estimate of drug-likeness (QED) is 0.466. The van der Waals surface area contributed by atoms with Gasteiger partial charge in [0.1, 0.15) is 6.10 Å². The molecule has 0 amide bonds. The molecule has 0 aromatic heterocycles. The molecule has 3 aliphatic carbocycles. The molecule has 0 aromatic rings. The third kappa shape index (κ3) is 4.40. The Labute approximate surface area is 174 Å². The molecule has 0 spiro atoms. The number of hydrogen-bond acceptors (Lipinski definition) is 4. The first kappa shape index (κ1) is 22.3. The zero-order valence-electron chi connectivity index (χ0n) is 17.8. The average Bonchev–Trinajstić information content (AvgIpc) is 2.72. The smallest absolute Gasteiger partial charge is 0.303 e. The van der Waals surface area contributed by atoms with E-state index in [-0.39, 0.29) is 30.1 Å². The summed E-state index contributed by atoms with van der Waals surface area (Å²) in [7, 11) is 1.71. The molecule has 3 N–H and O–H groups in total. The molecule has 0 heterocycles. The highest BCUT2D eigenvalue weighted by molar-refractivity contribution is 5.66. The number of carboxylic acid groups (broad SMARTS) is 1. The van der Waals surface area contributed by atoms with Gasteiger partial charge in [0.25, 0.3) is 0 Å². The van der Waals surface area contributed by atoms with E-state index in [0.717, 1.165) is 38.5 Å². The molecule has 2 unspecified atom stereocenters. The van der Waals surface area contributed by atoms with Crippen LogP contribution in [0.3, 0.4) is 0 Å². The topological polar surface area (TPSA) is 87.0 Å². The number of carbonyl (C=O) groups is 1. The number of rotatable bonds is 6. The summed E-state index contributed by atoms with van der Waals surface area (Å²) in [5.41, 5.74) is 0.730. The summed E-state index contributed by atoms with van der Waals surface area (Å²) in [6.07, 6.45) is 9.39. The van der Waals surface area contributed by atoms with Crippen molar-refractivity contribution in [3.05, 3.63) is 11.6 Å². The predicted molar refractivity (Wildman–Crippen MR) is 111 cm³/mol. The molecule has 5 heteroatoms. The van der Waals surface area contributed by atoms with Crippen molar-refractivity contribution in [1.29, 1.82) is 0 Å². The van der Waals surface area contributed by atoms with Crippen molar-refractivity contribution in [2.24, 2.45) is 23.7 Å². The minimum Gasteiger partial charge on any atom is -0.481 e. The lowest BCUT2D eigenvalue weighted by Crippen LogP contribution is -2.64. The van der Waals surface area contributed by atoms with Crippen LogP contribution in [-0.2, 0) is 9.53 Å². The van der Waals surface area contributed by atoms with Crippen molar-refractivity contribution in [1.82, 2.24) is 0 Å². The summed E-state index contributed by atoms with van der Waals surface area (Å²) >= 11 is 0. The summed E-state index contributed by atoms with van der Waals surface area (Å²) in [6, 6.07) is 0. The molecular weight excluding hydrogens is 368 g/mol. The van der Waals surface area contributed by atoms with Crippen molar-refractivity contribution in [2.75, 3.05) is 7.11 Å². The molecule has 0 aliphatic heterocycles. The van der Waals surface area contributed by atoms with Crippen molar-refractivity contribution in [2.45, 2.75) is 88.9 Å². The van der Waals surface area contributed by atoms with E-state index in [1.807, 2.05) is 6.08 Å². The van der Waals surface area contributed by atoms with Gasteiger partial charge >= 0.3 is 5.97 Å². The lowest BCUT2D eigenvalue weighted by Gasteiger charge is -2.62. The molecule has 0 aromatic carbocycles. The van der Waals surface area contributed by atoms with E-state index in [4.69, 9.17) is 9.84 Å². The van der Waals surface area contributed by atoms with Crippen LogP contribution < -0.4 is 0 Å². The SMILES string of the molecule is CCC1C(=CCCC(=O)O)[C@@]2(OC)CC[C@@H](O)[C@H](C#CC(O)C3CCCCC3)[C@@H]12. The molecule has 0 saturated heterocycles. The van der Waals surface area contributed by atoms with Gasteiger partial charge in [-0.25, -0.2) is 0 Å². The van der Waals surface area contributed by atoms with Gasteiger partial charge in [0, 0.05) is 19.4 Å². The van der Waals surface area contributed by atoms with E-state index in [9.17, 15) is 15.0 Å². The maximum Gasteiger partial charge on any atom is 0.303 e. The Hall–Kier alpha value is -1.35. The lowest BCUT2D eigenvalue weighted by atomic mass is 9.47. The Morgan fingerprint density at radius 2 is 2.03 bits per heavy atom. The Balaban J connectivity index is 1.80. The number of aliphatic carboxylic acids is 1. The van der Waals surface area contributed by atoms with Crippen LogP contribution in [0, 0.1) is 35.5 Å². The van der Waals surface area contributed by atoms with E-state index >= 15 is 0 Å². The zero-order valence-corrected chi connectivity index (χ0v) is 17.8. The second-order valence-corrected chi connectivity index (χ2v) is 8.99. The van der Waals surface area contributed by atoms with Gasteiger partial charge in [-0.3, -0.25) is 4.79 Å². The Morgan fingerprint density at radius 1 is 1.31 bits per heavy atom. The van der Waals surface area contributed by atoms with E-state index in [1.54, 1.807) is 7.11 Å². The summed E-state index contributed by atoms with van der Waals surface area (Å²) in [5, 5.41) is 30.3. The van der Waals surface area contributed by atoms with Crippen LogP contribution in [-0.4, -0.2) is 46.2 Å². The first-order valence-corrected chi connectivity index (χ1v) is 11.3. The van der Waals surface area contributed by atoms with Gasteiger partial charge in [0.2, 0.25) is 0 Å². The third-order valence-corrected chi connectivity index (χ3v) is 7.49. The number of hydrogen-bond donors (Lipinski definition) is 3. The molecule has 3 rings (SSSR count). The predicted octanol–water partition coefficient (Wildman–Crippen LogP) is 3.53. The molecule has 3 saturated carbocycles. The van der Waals surface area contributed by atoms with Crippen LogP contribution in [0.1, 0.15) is 71.1 Å². The van der Waals surface area contributed by atoms with Crippen LogP contribution in [0.15, 0.2) is 11.6 Å². The molecule has 5 nitrogen and oxygen atoms in total. The standard InChI is InChI=1S/C24H36O5/c1-3-17-19(10-7-11-22(27)28)24(29-2)15-14-21(26)18(23(17)24)12-13-20(25)16-8-5-4-6-9-16/h10,16-18,20-21,23,25-26H,3-9,11,14-15H2,1-2H3,(H,27,28)/t17?,18-,20?,21+,23+,24-/m0/s1. The zero-order chi connectivity index (χ0) is 21.0. The lowest BCUT2D eigenvalue weighted by molar-refractivity contribution is -0.166. The third-order valence-electron chi connectivity index (χ3n) is 7.49. The van der Waals surface area contributed by atoms with Gasteiger partial charge in [-0.05, 0) is 55.9 Å². The van der Waals surface area contributed by atoms with Crippen LogP contribution in [0.2, 0.25) is 0 Å². The highest BCUT2D eigenvalue weighted by Crippen LogP contribution is 2.61. The van der Waals surface area contributed by atoms with Crippen LogP contribution >= 0.6 is 0 Å². The Morgan fingerprint density at radius 3 is 2.66 bits per heavy atom. The number of allylic oxidation sites excluding steroid dienone is 1. The van der Waals surface area contributed by atoms with E-state index in [0.29, 0.717) is 12.8 Å². The van der Waals surface area contributed by atoms with E-state index in [2.05, 4.69) is 18.8 Å². The fourth-order valence-electron chi connectivity index (χ4n) is 6.00. The molecule has 0 radical (unpaired) electrons. The highest BCUT2D eigenvalue weighted by Gasteiger charge is 2.63. The summed E-state index contributed by atoms with van der Waals surface area (Å²) in [5.74, 6) is 5.92. The minimum atomic E-state index is -0.795. The molecule has 3 aliphatic rings. The monoisotopic (exact) mass is 404 g/mol. The Kier molecular flexibility index (Phi) is 7.42.